The van der Waals surface area contributed by atoms with Crippen LogP contribution in [0.4, 0.5) is 5.69 Å². The van der Waals surface area contributed by atoms with Gasteiger partial charge in [-0.3, -0.25) is 0 Å². The molecule has 2 aromatic carbocycles. The second-order valence-corrected chi connectivity index (χ2v) is 5.84. The maximum absolute atomic E-state index is 6.08. The molecule has 0 saturated heterocycles. The van der Waals surface area contributed by atoms with Gasteiger partial charge < -0.3 is 5.73 Å². The molecule has 0 aliphatic heterocycles. The van der Waals surface area contributed by atoms with Crippen molar-refractivity contribution in [3.05, 3.63) is 51.5 Å². The lowest BCUT2D eigenvalue weighted by molar-refractivity contribution is 0.789. The van der Waals surface area contributed by atoms with Gasteiger partial charge in [0.15, 0.2) is 5.82 Å². The van der Waals surface area contributed by atoms with E-state index in [4.69, 9.17) is 17.3 Å². The van der Waals surface area contributed by atoms with Crippen LogP contribution in [-0.2, 0) is 0 Å². The van der Waals surface area contributed by atoms with E-state index in [0.717, 1.165) is 21.3 Å². The molecule has 5 nitrogen and oxygen atoms in total. The number of anilines is 1. The van der Waals surface area contributed by atoms with Crippen LogP contribution in [0.3, 0.4) is 0 Å². The minimum atomic E-state index is 0.577. The fraction of sp³-hybridized carbons (Fsp3) is 0.0714. The summed E-state index contributed by atoms with van der Waals surface area (Å²) in [5, 5.41) is 12.5. The Balaban J connectivity index is 2.25. The predicted octanol–water partition coefficient (Wildman–Crippen LogP) is 3.64. The van der Waals surface area contributed by atoms with Gasteiger partial charge in [-0.2, -0.15) is 4.68 Å². The maximum Gasteiger partial charge on any atom is 0.189 e. The zero-order valence-electron chi connectivity index (χ0n) is 11.1. The van der Waals surface area contributed by atoms with Gasteiger partial charge in [-0.05, 0) is 63.1 Å². The summed E-state index contributed by atoms with van der Waals surface area (Å²) in [4.78, 5) is 0. The third kappa shape index (κ3) is 2.52. The Labute approximate surface area is 134 Å². The highest BCUT2D eigenvalue weighted by atomic mass is 79.9. The van der Waals surface area contributed by atoms with E-state index >= 15 is 0 Å². The van der Waals surface area contributed by atoms with E-state index in [2.05, 4.69) is 31.5 Å². The summed E-state index contributed by atoms with van der Waals surface area (Å²) in [5.74, 6) is 0.577. The van der Waals surface area contributed by atoms with Crippen LogP contribution in [-0.4, -0.2) is 20.2 Å². The molecule has 1 aromatic heterocycles. The van der Waals surface area contributed by atoms with Crippen molar-refractivity contribution in [3.63, 3.8) is 0 Å². The number of halogens is 2. The average molecular weight is 365 g/mol. The molecule has 0 atom stereocenters. The number of aromatic nitrogens is 4. The monoisotopic (exact) mass is 363 g/mol. The second kappa shape index (κ2) is 5.46. The van der Waals surface area contributed by atoms with Crippen LogP contribution in [0, 0.1) is 6.92 Å². The van der Waals surface area contributed by atoms with Crippen LogP contribution in [0.1, 0.15) is 5.56 Å². The topological polar surface area (TPSA) is 69.6 Å². The fourth-order valence-corrected chi connectivity index (χ4v) is 2.73. The van der Waals surface area contributed by atoms with Crippen molar-refractivity contribution in [1.29, 1.82) is 0 Å². The summed E-state index contributed by atoms with van der Waals surface area (Å²) in [5.41, 5.74) is 9.28. The molecular formula is C14H11BrClN5. The van der Waals surface area contributed by atoms with Gasteiger partial charge in [0.2, 0.25) is 0 Å². The normalized spacial score (nSPS) is 10.8. The minimum Gasteiger partial charge on any atom is -0.398 e. The summed E-state index contributed by atoms with van der Waals surface area (Å²) >= 11 is 9.56. The molecule has 0 amide bonds. The lowest BCUT2D eigenvalue weighted by Gasteiger charge is -2.11. The third-order valence-corrected chi connectivity index (χ3v) is 4.04. The first kappa shape index (κ1) is 14.0. The van der Waals surface area contributed by atoms with Crippen molar-refractivity contribution < 1.29 is 0 Å². The van der Waals surface area contributed by atoms with Gasteiger partial charge >= 0.3 is 0 Å². The van der Waals surface area contributed by atoms with Gasteiger partial charge in [-0.25, -0.2) is 0 Å². The van der Waals surface area contributed by atoms with Crippen LogP contribution < -0.4 is 5.73 Å². The SMILES string of the molecule is Cc1cccc(N)c1-c1nnnn1-c1cc(Cl)ccc1Br. The number of benzene rings is 2. The first-order valence-corrected chi connectivity index (χ1v) is 7.34. The van der Waals surface area contributed by atoms with Crippen molar-refractivity contribution >= 4 is 33.2 Å². The number of nitrogens with zero attached hydrogens (tertiary/aromatic N) is 4. The number of hydrogen-bond acceptors (Lipinski definition) is 4. The van der Waals surface area contributed by atoms with Crippen LogP contribution in [0.2, 0.25) is 5.02 Å². The molecule has 0 aliphatic rings. The minimum absolute atomic E-state index is 0.577. The molecule has 0 aliphatic carbocycles. The summed E-state index contributed by atoms with van der Waals surface area (Å²) < 4.78 is 2.46. The molecule has 0 saturated carbocycles. The van der Waals surface area contributed by atoms with Crippen molar-refractivity contribution in [2.75, 3.05) is 5.73 Å². The van der Waals surface area contributed by atoms with Gasteiger partial charge in [0, 0.05) is 20.7 Å². The zero-order valence-corrected chi connectivity index (χ0v) is 13.4. The van der Waals surface area contributed by atoms with Gasteiger partial charge in [0.25, 0.3) is 0 Å². The average Bonchev–Trinajstić information content (AvgIpc) is 2.90. The van der Waals surface area contributed by atoms with E-state index in [1.807, 2.05) is 31.2 Å². The molecule has 0 radical (unpaired) electrons. The lowest BCUT2D eigenvalue weighted by atomic mass is 10.1. The number of tetrazole rings is 1. The standard InChI is InChI=1S/C14H11BrClN5/c1-8-3-2-4-11(17)13(8)14-18-19-20-21(14)12-7-9(16)5-6-10(12)15/h2-7H,17H2,1H3. The van der Waals surface area contributed by atoms with E-state index in [1.54, 1.807) is 16.8 Å². The van der Waals surface area contributed by atoms with Crippen molar-refractivity contribution in [3.8, 4) is 17.1 Å². The molecule has 0 fully saturated rings. The summed E-state index contributed by atoms with van der Waals surface area (Å²) in [7, 11) is 0. The Morgan fingerprint density at radius 1 is 1.24 bits per heavy atom. The van der Waals surface area contributed by atoms with Crippen molar-refractivity contribution in [2.24, 2.45) is 0 Å². The fourth-order valence-electron chi connectivity index (χ4n) is 2.15. The molecule has 21 heavy (non-hydrogen) atoms. The largest absolute Gasteiger partial charge is 0.398 e. The molecule has 7 heteroatoms. The molecule has 3 rings (SSSR count). The zero-order chi connectivity index (χ0) is 15.0. The van der Waals surface area contributed by atoms with Gasteiger partial charge in [-0.1, -0.05) is 23.7 Å². The molecule has 0 spiro atoms. The molecule has 0 unspecified atom stereocenters. The van der Waals surface area contributed by atoms with Gasteiger partial charge in [0.05, 0.1) is 5.69 Å². The summed E-state index contributed by atoms with van der Waals surface area (Å²) in [6.45, 7) is 1.97. The molecule has 106 valence electrons. The molecule has 3 aromatic rings. The summed E-state index contributed by atoms with van der Waals surface area (Å²) in [6, 6.07) is 11.1. The number of aryl methyl sites for hydroxylation is 1. The third-order valence-electron chi connectivity index (χ3n) is 3.13. The highest BCUT2D eigenvalue weighted by Gasteiger charge is 2.17. The predicted molar refractivity (Wildman–Crippen MR) is 86.4 cm³/mol. The Hall–Kier alpha value is -1.92. The number of rotatable bonds is 2. The van der Waals surface area contributed by atoms with E-state index in [-0.39, 0.29) is 0 Å². The maximum atomic E-state index is 6.08. The second-order valence-electron chi connectivity index (χ2n) is 4.55. The Morgan fingerprint density at radius 2 is 2.05 bits per heavy atom. The molecule has 1 heterocycles. The smallest absolute Gasteiger partial charge is 0.189 e. The van der Waals surface area contributed by atoms with E-state index in [1.165, 1.54) is 0 Å². The summed E-state index contributed by atoms with van der Waals surface area (Å²) in [6.07, 6.45) is 0. The van der Waals surface area contributed by atoms with Crippen molar-refractivity contribution in [1.82, 2.24) is 20.2 Å². The van der Waals surface area contributed by atoms with Crippen LogP contribution in [0.25, 0.3) is 17.1 Å². The number of nitrogens with two attached hydrogens (primary N) is 1. The van der Waals surface area contributed by atoms with E-state index in [9.17, 15) is 0 Å². The number of nitrogen functional groups attached to an aromatic ring is 1. The van der Waals surface area contributed by atoms with Crippen LogP contribution in [0.5, 0.6) is 0 Å². The van der Waals surface area contributed by atoms with E-state index < -0.39 is 0 Å². The molecular weight excluding hydrogens is 354 g/mol. The Morgan fingerprint density at radius 3 is 2.81 bits per heavy atom. The first-order chi connectivity index (χ1) is 10.1. The first-order valence-electron chi connectivity index (χ1n) is 6.17. The highest BCUT2D eigenvalue weighted by Crippen LogP contribution is 2.31. The van der Waals surface area contributed by atoms with Gasteiger partial charge in [-0.15, -0.1) is 5.10 Å². The quantitative estimate of drug-likeness (QED) is 0.705. The van der Waals surface area contributed by atoms with Crippen LogP contribution in [0.15, 0.2) is 40.9 Å². The van der Waals surface area contributed by atoms with Crippen molar-refractivity contribution in [2.45, 2.75) is 6.92 Å². The highest BCUT2D eigenvalue weighted by molar-refractivity contribution is 9.10. The van der Waals surface area contributed by atoms with Gasteiger partial charge in [0.1, 0.15) is 0 Å². The number of hydrogen-bond donors (Lipinski definition) is 1. The van der Waals surface area contributed by atoms with E-state index in [0.29, 0.717) is 16.5 Å². The Bertz CT molecular complexity index is 795. The van der Waals surface area contributed by atoms with Crippen LogP contribution >= 0.6 is 27.5 Å². The molecule has 0 bridgehead atoms. The Kier molecular flexibility index (Phi) is 3.65. The molecule has 2 N–H and O–H groups in total. The lowest BCUT2D eigenvalue weighted by Crippen LogP contribution is -2.03.